The van der Waals surface area contributed by atoms with Crippen LogP contribution in [0.3, 0.4) is 0 Å². The molecule has 22 heavy (non-hydrogen) atoms. The van der Waals surface area contributed by atoms with Gasteiger partial charge in [0.1, 0.15) is 0 Å². The Labute approximate surface area is 156 Å². The average Bonchev–Trinajstić information content (AvgIpc) is 2.45. The van der Waals surface area contributed by atoms with Crippen LogP contribution in [0.4, 0.5) is 0 Å². The highest BCUT2D eigenvalue weighted by Crippen LogP contribution is 2.54. The molecule has 0 aliphatic carbocycles. The molecule has 0 aromatic carbocycles. The van der Waals surface area contributed by atoms with Crippen molar-refractivity contribution in [1.82, 2.24) is 0 Å². The topological polar surface area (TPSA) is 0 Å². The lowest BCUT2D eigenvalue weighted by molar-refractivity contribution is 0.561. The van der Waals surface area contributed by atoms with E-state index in [4.69, 9.17) is 0 Å². The molecule has 0 radical (unpaired) electrons. The van der Waals surface area contributed by atoms with Crippen LogP contribution in [0.15, 0.2) is 0 Å². The van der Waals surface area contributed by atoms with E-state index < -0.39 is 0 Å². The van der Waals surface area contributed by atoms with Gasteiger partial charge in [-0.05, 0) is 60.2 Å². The second kappa shape index (κ2) is 13.7. The van der Waals surface area contributed by atoms with Gasteiger partial charge in [0.15, 0.2) is 0 Å². The molecule has 134 valence electrons. The highest BCUT2D eigenvalue weighted by molar-refractivity contribution is 9.26. The van der Waals surface area contributed by atoms with Crippen LogP contribution in [0.25, 0.3) is 0 Å². The van der Waals surface area contributed by atoms with E-state index in [1.807, 2.05) is 19.7 Å². The third-order valence-electron chi connectivity index (χ3n) is 3.81. The van der Waals surface area contributed by atoms with Gasteiger partial charge in [-0.15, -0.1) is 0 Å². The minimum atomic E-state index is 0.414. The van der Waals surface area contributed by atoms with Crippen LogP contribution in [0, 0.1) is 0 Å². The molecule has 0 aromatic heterocycles. The molecule has 0 bridgehead atoms. The summed E-state index contributed by atoms with van der Waals surface area (Å²) in [5.74, 6) is 0. The summed E-state index contributed by atoms with van der Waals surface area (Å²) in [6.45, 7) is 14.2. The van der Waals surface area contributed by atoms with Gasteiger partial charge >= 0.3 is 0 Å². The van der Waals surface area contributed by atoms with Gasteiger partial charge in [-0.25, -0.2) is 0 Å². The Morgan fingerprint density at radius 3 is 1.23 bits per heavy atom. The number of rotatable bonds is 15. The van der Waals surface area contributed by atoms with Crippen molar-refractivity contribution < 1.29 is 0 Å². The van der Waals surface area contributed by atoms with Crippen LogP contribution < -0.4 is 0 Å². The number of hydrogen-bond donors (Lipinski definition) is 0. The average molecular weight is 383 g/mol. The molecule has 0 saturated heterocycles. The second-order valence-electron chi connectivity index (χ2n) is 7.44. The molecular weight excluding hydrogens is 344 g/mol. The van der Waals surface area contributed by atoms with Gasteiger partial charge in [0, 0.05) is 9.49 Å². The van der Waals surface area contributed by atoms with Crippen LogP contribution in [-0.2, 0) is 0 Å². The molecule has 0 unspecified atom stereocenters. The zero-order chi connectivity index (χ0) is 16.9. The monoisotopic (exact) mass is 382 g/mol. The minimum absolute atomic E-state index is 0.414. The van der Waals surface area contributed by atoms with Crippen LogP contribution in [0.5, 0.6) is 0 Å². The molecule has 0 rings (SSSR count). The molecule has 0 heterocycles. The third kappa shape index (κ3) is 15.0. The summed E-state index contributed by atoms with van der Waals surface area (Å²) in [4.78, 5) is 0. The van der Waals surface area contributed by atoms with E-state index in [0.717, 1.165) is 0 Å². The first-order valence-electron chi connectivity index (χ1n) is 9.03. The first-order chi connectivity index (χ1) is 10.3. The molecular formula is C18H38S4. The Morgan fingerprint density at radius 1 is 0.545 bits per heavy atom. The van der Waals surface area contributed by atoms with E-state index in [-0.39, 0.29) is 0 Å². The molecule has 0 atom stereocenters. The standard InChI is InChI=1S/C18H38S4/c1-7-9-11-13-15-17(3,4)19-21-22-20-18(5,6)16-14-12-10-8-2/h7-16H2,1-6H3. The van der Waals surface area contributed by atoms with E-state index in [2.05, 4.69) is 63.1 Å². The Hall–Kier alpha value is 1.40. The largest absolute Gasteiger partial charge is 0.0755 e. The van der Waals surface area contributed by atoms with E-state index in [9.17, 15) is 0 Å². The van der Waals surface area contributed by atoms with Crippen LogP contribution in [0.2, 0.25) is 0 Å². The van der Waals surface area contributed by atoms with E-state index >= 15 is 0 Å². The summed E-state index contributed by atoms with van der Waals surface area (Å²) in [7, 11) is 8.12. The van der Waals surface area contributed by atoms with E-state index in [1.165, 1.54) is 64.2 Å². The molecule has 0 aliphatic rings. The number of hydrogen-bond acceptors (Lipinski definition) is 4. The van der Waals surface area contributed by atoms with E-state index in [1.54, 1.807) is 0 Å². The lowest BCUT2D eigenvalue weighted by Gasteiger charge is -2.25. The lowest BCUT2D eigenvalue weighted by atomic mass is 10.0. The normalized spacial score (nSPS) is 12.8. The fourth-order valence-electron chi connectivity index (χ4n) is 2.25. The van der Waals surface area contributed by atoms with E-state index in [0.29, 0.717) is 9.49 Å². The predicted molar refractivity (Wildman–Crippen MR) is 116 cm³/mol. The fourth-order valence-corrected chi connectivity index (χ4v) is 10.2. The molecule has 0 nitrogen and oxygen atoms in total. The first-order valence-corrected chi connectivity index (χ1v) is 13.8. The minimum Gasteiger partial charge on any atom is -0.0755 e. The smallest absolute Gasteiger partial charge is 0.0215 e. The highest BCUT2D eigenvalue weighted by atomic mass is 33.7. The summed E-state index contributed by atoms with van der Waals surface area (Å²) < 4.78 is 0.828. The maximum atomic E-state index is 2.40. The van der Waals surface area contributed by atoms with Crippen molar-refractivity contribution >= 4 is 41.2 Å². The van der Waals surface area contributed by atoms with Crippen molar-refractivity contribution in [1.29, 1.82) is 0 Å². The van der Waals surface area contributed by atoms with Gasteiger partial charge in [-0.3, -0.25) is 0 Å². The van der Waals surface area contributed by atoms with Gasteiger partial charge in [0.05, 0.1) is 0 Å². The zero-order valence-corrected chi connectivity index (χ0v) is 19.0. The zero-order valence-electron chi connectivity index (χ0n) is 15.7. The highest BCUT2D eigenvalue weighted by Gasteiger charge is 2.22. The van der Waals surface area contributed by atoms with Crippen molar-refractivity contribution in [2.75, 3.05) is 0 Å². The van der Waals surface area contributed by atoms with Gasteiger partial charge < -0.3 is 0 Å². The lowest BCUT2D eigenvalue weighted by Crippen LogP contribution is -2.13. The molecule has 0 aromatic rings. The Morgan fingerprint density at radius 2 is 0.909 bits per heavy atom. The molecule has 0 spiro atoms. The predicted octanol–water partition coefficient (Wildman–Crippen LogP) is 9.16. The summed E-state index contributed by atoms with van der Waals surface area (Å²) in [5.41, 5.74) is 0. The summed E-state index contributed by atoms with van der Waals surface area (Å²) in [5, 5.41) is 0. The SMILES string of the molecule is CCCCCCC(C)(C)SSSSC(C)(C)CCCCCC. The summed E-state index contributed by atoms with van der Waals surface area (Å²) in [6, 6.07) is 0. The molecule has 0 fully saturated rings. The Balaban J connectivity index is 3.70. The van der Waals surface area contributed by atoms with Gasteiger partial charge in [0.2, 0.25) is 0 Å². The maximum Gasteiger partial charge on any atom is 0.0215 e. The van der Waals surface area contributed by atoms with Gasteiger partial charge in [-0.2, -0.15) is 0 Å². The maximum absolute atomic E-state index is 2.40. The fraction of sp³-hybridized carbons (Fsp3) is 1.00. The van der Waals surface area contributed by atoms with Crippen molar-refractivity contribution in [3.8, 4) is 0 Å². The van der Waals surface area contributed by atoms with Crippen molar-refractivity contribution in [3.63, 3.8) is 0 Å². The first kappa shape index (κ1) is 23.4. The van der Waals surface area contributed by atoms with Crippen LogP contribution in [-0.4, -0.2) is 9.49 Å². The summed E-state index contributed by atoms with van der Waals surface area (Å²) >= 11 is 0. The van der Waals surface area contributed by atoms with Gasteiger partial charge in [0.25, 0.3) is 0 Å². The second-order valence-corrected chi connectivity index (χ2v) is 14.5. The Bertz CT molecular complexity index is 225. The molecule has 0 saturated carbocycles. The molecule has 4 heteroatoms. The van der Waals surface area contributed by atoms with Gasteiger partial charge in [-0.1, -0.05) is 86.8 Å². The number of unbranched alkanes of at least 4 members (excludes halogenated alkanes) is 6. The molecule has 0 aliphatic heterocycles. The summed E-state index contributed by atoms with van der Waals surface area (Å²) in [6.07, 6.45) is 13.7. The third-order valence-corrected chi connectivity index (χ3v) is 11.8. The van der Waals surface area contributed by atoms with Crippen LogP contribution >= 0.6 is 41.2 Å². The molecule has 0 N–H and O–H groups in total. The Kier molecular flexibility index (Phi) is 14.5. The van der Waals surface area contributed by atoms with Crippen molar-refractivity contribution in [3.05, 3.63) is 0 Å². The quantitative estimate of drug-likeness (QED) is 0.204. The van der Waals surface area contributed by atoms with Crippen LogP contribution in [0.1, 0.15) is 106 Å². The molecule has 0 amide bonds. The van der Waals surface area contributed by atoms with Crippen molar-refractivity contribution in [2.24, 2.45) is 0 Å². The van der Waals surface area contributed by atoms with Crippen molar-refractivity contribution in [2.45, 2.75) is 115 Å².